The van der Waals surface area contributed by atoms with Crippen molar-refractivity contribution >= 4 is 16.7 Å². The van der Waals surface area contributed by atoms with E-state index >= 15 is 0 Å². The fraction of sp³-hybridized carbons (Fsp3) is 0.389. The van der Waals surface area contributed by atoms with Crippen LogP contribution in [0.3, 0.4) is 0 Å². The molecular weight excluding hydrogens is 276 g/mol. The highest BCUT2D eigenvalue weighted by Gasteiger charge is 2.20. The highest BCUT2D eigenvalue weighted by atomic mass is 16.5. The molecule has 4 heteroatoms. The minimum atomic E-state index is 0.0731. The lowest BCUT2D eigenvalue weighted by atomic mass is 10.1. The van der Waals surface area contributed by atoms with Crippen molar-refractivity contribution in [1.29, 1.82) is 0 Å². The van der Waals surface area contributed by atoms with Crippen LogP contribution >= 0.6 is 0 Å². The molecule has 1 aliphatic heterocycles. The molecule has 1 aliphatic rings. The van der Waals surface area contributed by atoms with Gasteiger partial charge in [0.2, 0.25) is 0 Å². The molecule has 1 fully saturated rings. The van der Waals surface area contributed by atoms with E-state index in [0.717, 1.165) is 43.9 Å². The van der Waals surface area contributed by atoms with Crippen LogP contribution in [0, 0.1) is 0 Å². The second-order valence-electron chi connectivity index (χ2n) is 5.61. The Hall–Kier alpha value is -2.07. The number of fused-ring (bicyclic) bond motifs is 1. The van der Waals surface area contributed by atoms with Gasteiger partial charge in [-0.1, -0.05) is 37.3 Å². The van der Waals surface area contributed by atoms with Crippen LogP contribution in [-0.4, -0.2) is 55.0 Å². The first kappa shape index (κ1) is 14.9. The Labute approximate surface area is 131 Å². The molecule has 1 heterocycles. The standard InChI is InChI=1S/C18H22N2O2/c1-2-19-9-11-20(12-10-19)18(21)14-22-17-8-7-15-5-3-4-6-16(15)13-17/h3-8,13H,2,9-12,14H2,1H3. The molecular formula is C18H22N2O2. The summed E-state index contributed by atoms with van der Waals surface area (Å²) in [5.74, 6) is 0.822. The first-order valence-electron chi connectivity index (χ1n) is 7.88. The van der Waals surface area contributed by atoms with E-state index in [1.807, 2.05) is 41.3 Å². The first-order valence-corrected chi connectivity index (χ1v) is 7.88. The summed E-state index contributed by atoms with van der Waals surface area (Å²) >= 11 is 0. The normalized spacial score (nSPS) is 16.0. The Kier molecular flexibility index (Phi) is 4.59. The van der Waals surface area contributed by atoms with Crippen molar-refractivity contribution < 1.29 is 9.53 Å². The van der Waals surface area contributed by atoms with Crippen molar-refractivity contribution in [3.05, 3.63) is 42.5 Å². The molecule has 0 atom stereocenters. The number of hydrogen-bond donors (Lipinski definition) is 0. The summed E-state index contributed by atoms with van der Waals surface area (Å²) in [5, 5.41) is 2.31. The van der Waals surface area contributed by atoms with Crippen molar-refractivity contribution in [2.24, 2.45) is 0 Å². The Morgan fingerprint density at radius 2 is 1.77 bits per heavy atom. The van der Waals surface area contributed by atoms with Crippen LogP contribution in [0.25, 0.3) is 10.8 Å². The van der Waals surface area contributed by atoms with Crippen molar-refractivity contribution in [2.75, 3.05) is 39.3 Å². The maximum Gasteiger partial charge on any atom is 0.260 e. The van der Waals surface area contributed by atoms with Gasteiger partial charge < -0.3 is 14.5 Å². The second-order valence-corrected chi connectivity index (χ2v) is 5.61. The topological polar surface area (TPSA) is 32.8 Å². The minimum Gasteiger partial charge on any atom is -0.484 e. The lowest BCUT2D eigenvalue weighted by Crippen LogP contribution is -2.49. The van der Waals surface area contributed by atoms with Gasteiger partial charge in [-0.2, -0.15) is 0 Å². The summed E-state index contributed by atoms with van der Waals surface area (Å²) in [5.41, 5.74) is 0. The summed E-state index contributed by atoms with van der Waals surface area (Å²) in [4.78, 5) is 16.5. The predicted octanol–water partition coefficient (Wildman–Crippen LogP) is 2.38. The Bertz CT molecular complexity index is 648. The highest BCUT2D eigenvalue weighted by Crippen LogP contribution is 2.20. The number of carbonyl (C=O) groups is 1. The molecule has 0 spiro atoms. The Morgan fingerprint density at radius 3 is 2.50 bits per heavy atom. The fourth-order valence-corrected chi connectivity index (χ4v) is 2.81. The number of ether oxygens (including phenoxy) is 1. The van der Waals surface area contributed by atoms with Crippen LogP contribution in [0.1, 0.15) is 6.92 Å². The Balaban J connectivity index is 1.56. The average Bonchev–Trinajstić information content (AvgIpc) is 2.59. The van der Waals surface area contributed by atoms with Gasteiger partial charge in [-0.05, 0) is 29.4 Å². The molecule has 2 aromatic carbocycles. The van der Waals surface area contributed by atoms with Crippen molar-refractivity contribution in [2.45, 2.75) is 6.92 Å². The molecule has 1 amide bonds. The largest absolute Gasteiger partial charge is 0.484 e. The maximum atomic E-state index is 12.2. The van der Waals surface area contributed by atoms with E-state index < -0.39 is 0 Å². The molecule has 3 rings (SSSR count). The van der Waals surface area contributed by atoms with Crippen LogP contribution in [0.15, 0.2) is 42.5 Å². The second kappa shape index (κ2) is 6.79. The van der Waals surface area contributed by atoms with Gasteiger partial charge in [-0.3, -0.25) is 4.79 Å². The van der Waals surface area contributed by atoms with Crippen molar-refractivity contribution in [3.63, 3.8) is 0 Å². The SMILES string of the molecule is CCN1CCN(C(=O)COc2ccc3ccccc3c2)CC1. The predicted molar refractivity (Wildman–Crippen MR) is 88.1 cm³/mol. The number of hydrogen-bond acceptors (Lipinski definition) is 3. The molecule has 1 saturated heterocycles. The summed E-state index contributed by atoms with van der Waals surface area (Å²) in [6.07, 6.45) is 0. The summed E-state index contributed by atoms with van der Waals surface area (Å²) in [6, 6.07) is 14.1. The zero-order valence-electron chi connectivity index (χ0n) is 13.0. The van der Waals surface area contributed by atoms with Gasteiger partial charge in [0, 0.05) is 26.2 Å². The number of carbonyl (C=O) groups excluding carboxylic acids is 1. The van der Waals surface area contributed by atoms with Gasteiger partial charge >= 0.3 is 0 Å². The highest BCUT2D eigenvalue weighted by molar-refractivity contribution is 5.84. The van der Waals surface area contributed by atoms with Gasteiger partial charge in [0.05, 0.1) is 0 Å². The van der Waals surface area contributed by atoms with Crippen LogP contribution in [-0.2, 0) is 4.79 Å². The number of piperazine rings is 1. The van der Waals surface area contributed by atoms with E-state index in [-0.39, 0.29) is 12.5 Å². The van der Waals surface area contributed by atoms with Crippen molar-refractivity contribution in [1.82, 2.24) is 9.80 Å². The number of benzene rings is 2. The van der Waals surface area contributed by atoms with Gasteiger partial charge in [-0.25, -0.2) is 0 Å². The fourth-order valence-electron chi connectivity index (χ4n) is 2.81. The molecule has 0 saturated carbocycles. The summed E-state index contributed by atoms with van der Waals surface area (Å²) in [7, 11) is 0. The first-order chi connectivity index (χ1) is 10.8. The van der Waals surface area contributed by atoms with Crippen LogP contribution in [0.2, 0.25) is 0 Å². The number of amides is 1. The Morgan fingerprint density at radius 1 is 1.05 bits per heavy atom. The maximum absolute atomic E-state index is 12.2. The molecule has 0 radical (unpaired) electrons. The lowest BCUT2D eigenvalue weighted by molar-refractivity contribution is -0.135. The van der Waals surface area contributed by atoms with E-state index in [1.54, 1.807) is 0 Å². The molecule has 0 unspecified atom stereocenters. The molecule has 0 bridgehead atoms. The van der Waals surface area contributed by atoms with Crippen LogP contribution < -0.4 is 4.74 Å². The van der Waals surface area contributed by atoms with Gasteiger partial charge in [0.15, 0.2) is 6.61 Å². The third-order valence-electron chi connectivity index (χ3n) is 4.26. The number of nitrogens with zero attached hydrogens (tertiary/aromatic N) is 2. The van der Waals surface area contributed by atoms with E-state index in [1.165, 1.54) is 5.39 Å². The lowest BCUT2D eigenvalue weighted by Gasteiger charge is -2.33. The quantitative estimate of drug-likeness (QED) is 0.869. The molecule has 0 aliphatic carbocycles. The van der Waals surface area contributed by atoms with E-state index in [4.69, 9.17) is 4.74 Å². The molecule has 0 aromatic heterocycles. The number of likely N-dealkylation sites (N-methyl/N-ethyl adjacent to an activating group) is 1. The van der Waals surface area contributed by atoms with E-state index in [9.17, 15) is 4.79 Å². The van der Waals surface area contributed by atoms with Crippen molar-refractivity contribution in [3.8, 4) is 5.75 Å². The van der Waals surface area contributed by atoms with E-state index in [2.05, 4.69) is 17.9 Å². The van der Waals surface area contributed by atoms with Gasteiger partial charge in [0.1, 0.15) is 5.75 Å². The summed E-state index contributed by atoms with van der Waals surface area (Å²) in [6.45, 7) is 6.83. The smallest absolute Gasteiger partial charge is 0.260 e. The number of rotatable bonds is 4. The third kappa shape index (κ3) is 3.39. The van der Waals surface area contributed by atoms with Gasteiger partial charge in [-0.15, -0.1) is 0 Å². The molecule has 4 nitrogen and oxygen atoms in total. The van der Waals surface area contributed by atoms with Gasteiger partial charge in [0.25, 0.3) is 5.91 Å². The zero-order chi connectivity index (χ0) is 15.4. The molecule has 2 aromatic rings. The van der Waals surface area contributed by atoms with Crippen LogP contribution in [0.5, 0.6) is 5.75 Å². The minimum absolute atomic E-state index is 0.0731. The third-order valence-corrected chi connectivity index (χ3v) is 4.26. The van der Waals surface area contributed by atoms with Crippen LogP contribution in [0.4, 0.5) is 0 Å². The van der Waals surface area contributed by atoms with E-state index in [0.29, 0.717) is 0 Å². The molecule has 22 heavy (non-hydrogen) atoms. The molecule has 116 valence electrons. The average molecular weight is 298 g/mol. The molecule has 0 N–H and O–H groups in total. The zero-order valence-corrected chi connectivity index (χ0v) is 13.0. The monoisotopic (exact) mass is 298 g/mol. The summed E-state index contributed by atoms with van der Waals surface area (Å²) < 4.78 is 5.68.